The highest BCUT2D eigenvalue weighted by Crippen LogP contribution is 2.17. The minimum Gasteiger partial charge on any atom is -0.478 e. The molecule has 1 aromatic rings. The fourth-order valence-corrected chi connectivity index (χ4v) is 1.20. The minimum atomic E-state index is -1.11. The predicted molar refractivity (Wildman–Crippen MR) is 56.6 cm³/mol. The molecule has 0 spiro atoms. The summed E-state index contributed by atoms with van der Waals surface area (Å²) in [4.78, 5) is 21.3. The lowest BCUT2D eigenvalue weighted by atomic mass is 10.1. The van der Waals surface area contributed by atoms with Crippen molar-refractivity contribution in [3.8, 4) is 0 Å². The zero-order valence-electron chi connectivity index (χ0n) is 7.61. The lowest BCUT2D eigenvalue weighted by Crippen LogP contribution is -2.06. The van der Waals surface area contributed by atoms with Crippen LogP contribution in [0.5, 0.6) is 0 Å². The predicted octanol–water partition coefficient (Wildman–Crippen LogP) is 1.54. The van der Waals surface area contributed by atoms with Gasteiger partial charge in [-0.15, -0.1) is 0 Å². The second-order valence-electron chi connectivity index (χ2n) is 2.77. The lowest BCUT2D eigenvalue weighted by Gasteiger charge is -2.00. The number of carboxylic acid groups (broad SMARTS) is 1. The van der Waals surface area contributed by atoms with E-state index < -0.39 is 11.9 Å². The molecule has 0 saturated carbocycles. The summed E-state index contributed by atoms with van der Waals surface area (Å²) in [5.74, 6) is -1.75. The Kier molecular flexibility index (Phi) is 3.46. The first-order valence-electron chi connectivity index (χ1n) is 4.01. The van der Waals surface area contributed by atoms with E-state index in [9.17, 15) is 9.59 Å². The molecule has 0 atom stereocenters. The summed E-state index contributed by atoms with van der Waals surface area (Å²) in [5.41, 5.74) is 5.31. The first-order chi connectivity index (χ1) is 7.00. The molecule has 15 heavy (non-hydrogen) atoms. The monoisotopic (exact) mass is 225 g/mol. The van der Waals surface area contributed by atoms with E-state index in [1.54, 1.807) is 0 Å². The van der Waals surface area contributed by atoms with Crippen LogP contribution in [0.1, 0.15) is 15.9 Å². The molecule has 3 N–H and O–H groups in total. The number of primary amides is 1. The van der Waals surface area contributed by atoms with Crippen molar-refractivity contribution in [1.82, 2.24) is 0 Å². The highest BCUT2D eigenvalue weighted by Gasteiger charge is 2.08. The van der Waals surface area contributed by atoms with Gasteiger partial charge < -0.3 is 10.8 Å². The molecule has 0 aliphatic carbocycles. The van der Waals surface area contributed by atoms with Crippen LogP contribution in [0.4, 0.5) is 0 Å². The number of hydrogen-bond acceptors (Lipinski definition) is 2. The van der Waals surface area contributed by atoms with E-state index in [2.05, 4.69) is 0 Å². The summed E-state index contributed by atoms with van der Waals surface area (Å²) >= 11 is 5.64. The normalized spacial score (nSPS) is 10.5. The smallest absolute Gasteiger partial charge is 0.336 e. The first-order valence-corrected chi connectivity index (χ1v) is 4.39. The zero-order valence-corrected chi connectivity index (χ0v) is 8.36. The highest BCUT2D eigenvalue weighted by atomic mass is 35.5. The number of carbonyl (C=O) groups excluding carboxylic acids is 1. The Labute approximate surface area is 91.0 Å². The maximum absolute atomic E-state index is 10.8. The van der Waals surface area contributed by atoms with Gasteiger partial charge in [0.1, 0.15) is 0 Å². The van der Waals surface area contributed by atoms with Gasteiger partial charge in [0.25, 0.3) is 0 Å². The van der Waals surface area contributed by atoms with Crippen LogP contribution in [0.15, 0.2) is 24.3 Å². The fourth-order valence-electron chi connectivity index (χ4n) is 1.03. The lowest BCUT2D eigenvalue weighted by molar-refractivity contribution is -0.113. The van der Waals surface area contributed by atoms with Crippen molar-refractivity contribution in [2.24, 2.45) is 5.73 Å². The van der Waals surface area contributed by atoms with E-state index in [1.165, 1.54) is 24.3 Å². The molecule has 0 saturated heterocycles. The van der Waals surface area contributed by atoms with E-state index in [0.29, 0.717) is 10.6 Å². The second kappa shape index (κ2) is 4.61. The van der Waals surface area contributed by atoms with Crippen molar-refractivity contribution in [1.29, 1.82) is 0 Å². The van der Waals surface area contributed by atoms with E-state index in [1.807, 2.05) is 0 Å². The van der Waals surface area contributed by atoms with Gasteiger partial charge in [-0.25, -0.2) is 4.79 Å². The van der Waals surface area contributed by atoms with Gasteiger partial charge in [0.15, 0.2) is 0 Å². The third-order valence-corrected chi connectivity index (χ3v) is 1.91. The molecule has 78 valence electrons. The molecule has 1 rings (SSSR count). The number of hydrogen-bond donors (Lipinski definition) is 2. The molecular weight excluding hydrogens is 218 g/mol. The number of nitrogens with two attached hydrogens (primary N) is 1. The molecule has 1 aromatic carbocycles. The van der Waals surface area contributed by atoms with Gasteiger partial charge in [-0.05, 0) is 23.8 Å². The summed E-state index contributed by atoms with van der Waals surface area (Å²) < 4.78 is 0. The van der Waals surface area contributed by atoms with Crippen molar-refractivity contribution < 1.29 is 14.7 Å². The molecule has 4 nitrogen and oxygen atoms in total. The van der Waals surface area contributed by atoms with Crippen molar-refractivity contribution in [2.75, 3.05) is 0 Å². The van der Waals surface area contributed by atoms with Gasteiger partial charge in [-0.1, -0.05) is 17.7 Å². The number of halogens is 1. The highest BCUT2D eigenvalue weighted by molar-refractivity contribution is 6.31. The van der Waals surface area contributed by atoms with Crippen LogP contribution < -0.4 is 5.73 Å². The number of benzene rings is 1. The standard InChI is InChI=1S/C10H8ClNO3/c11-7-3-1-6(2-4-9(12)13)8(5-7)10(14)15/h1-5H,(H2,12,13)(H,14,15)/b4-2+. The van der Waals surface area contributed by atoms with E-state index in [4.69, 9.17) is 22.4 Å². The SMILES string of the molecule is NC(=O)/C=C/c1ccc(Cl)cc1C(=O)O. The van der Waals surface area contributed by atoms with Crippen LogP contribution in [0, 0.1) is 0 Å². The molecule has 0 unspecified atom stereocenters. The number of carbonyl (C=O) groups is 2. The van der Waals surface area contributed by atoms with Gasteiger partial charge in [0, 0.05) is 11.1 Å². The summed E-state index contributed by atoms with van der Waals surface area (Å²) in [6.45, 7) is 0. The van der Waals surface area contributed by atoms with Crippen LogP contribution in [0.2, 0.25) is 5.02 Å². The molecule has 0 bridgehead atoms. The Hall–Kier alpha value is -1.81. The fraction of sp³-hybridized carbons (Fsp3) is 0. The summed E-state index contributed by atoms with van der Waals surface area (Å²) in [5, 5.41) is 9.17. The van der Waals surface area contributed by atoms with Crippen molar-refractivity contribution in [3.05, 3.63) is 40.4 Å². The first kappa shape index (κ1) is 11.3. The zero-order chi connectivity index (χ0) is 11.4. The number of carboxylic acids is 1. The maximum atomic E-state index is 10.8. The third kappa shape index (κ3) is 3.11. The molecule has 0 aliphatic rings. The Morgan fingerprint density at radius 1 is 1.40 bits per heavy atom. The van der Waals surface area contributed by atoms with Crippen molar-refractivity contribution in [2.45, 2.75) is 0 Å². The van der Waals surface area contributed by atoms with E-state index in [-0.39, 0.29) is 5.56 Å². The molecule has 0 heterocycles. The Morgan fingerprint density at radius 2 is 2.07 bits per heavy atom. The van der Waals surface area contributed by atoms with Gasteiger partial charge >= 0.3 is 5.97 Å². The van der Waals surface area contributed by atoms with Crippen LogP contribution in [-0.4, -0.2) is 17.0 Å². The average molecular weight is 226 g/mol. The van der Waals surface area contributed by atoms with Gasteiger partial charge in [-0.3, -0.25) is 4.79 Å². The Morgan fingerprint density at radius 3 is 2.60 bits per heavy atom. The number of amides is 1. The molecule has 5 heteroatoms. The van der Waals surface area contributed by atoms with Crippen LogP contribution in [-0.2, 0) is 4.79 Å². The second-order valence-corrected chi connectivity index (χ2v) is 3.21. The third-order valence-electron chi connectivity index (χ3n) is 1.67. The molecule has 1 amide bonds. The molecule has 0 aliphatic heterocycles. The van der Waals surface area contributed by atoms with E-state index in [0.717, 1.165) is 6.08 Å². The largest absolute Gasteiger partial charge is 0.478 e. The minimum absolute atomic E-state index is 0.0278. The number of aromatic carboxylic acids is 1. The van der Waals surface area contributed by atoms with Crippen LogP contribution in [0.3, 0.4) is 0 Å². The van der Waals surface area contributed by atoms with Crippen LogP contribution >= 0.6 is 11.6 Å². The van der Waals surface area contributed by atoms with Gasteiger partial charge in [-0.2, -0.15) is 0 Å². The summed E-state index contributed by atoms with van der Waals surface area (Å²) in [7, 11) is 0. The van der Waals surface area contributed by atoms with E-state index >= 15 is 0 Å². The average Bonchev–Trinajstić information content (AvgIpc) is 2.15. The maximum Gasteiger partial charge on any atom is 0.336 e. The quantitative estimate of drug-likeness (QED) is 0.766. The Bertz CT molecular complexity index is 440. The number of rotatable bonds is 3. The molecule has 0 fully saturated rings. The Balaban J connectivity index is 3.17. The topological polar surface area (TPSA) is 80.4 Å². The molecular formula is C10H8ClNO3. The van der Waals surface area contributed by atoms with Crippen molar-refractivity contribution >= 4 is 29.6 Å². The van der Waals surface area contributed by atoms with Gasteiger partial charge in [0.05, 0.1) is 5.56 Å². The summed E-state index contributed by atoms with van der Waals surface area (Å²) in [6, 6.07) is 4.35. The van der Waals surface area contributed by atoms with Crippen LogP contribution in [0.25, 0.3) is 6.08 Å². The summed E-state index contributed by atoms with van der Waals surface area (Å²) in [6.07, 6.45) is 2.43. The van der Waals surface area contributed by atoms with Crippen molar-refractivity contribution in [3.63, 3.8) is 0 Å². The molecule has 0 radical (unpaired) electrons. The molecule has 0 aromatic heterocycles. The van der Waals surface area contributed by atoms with Gasteiger partial charge in [0.2, 0.25) is 5.91 Å².